The summed E-state index contributed by atoms with van der Waals surface area (Å²) in [6, 6.07) is 5.71. The lowest BCUT2D eigenvalue weighted by molar-refractivity contribution is 0.102. The van der Waals surface area contributed by atoms with E-state index in [2.05, 4.69) is 30.4 Å². The van der Waals surface area contributed by atoms with Gasteiger partial charge in [0, 0.05) is 19.3 Å². The van der Waals surface area contributed by atoms with Gasteiger partial charge in [0.25, 0.3) is 5.91 Å². The van der Waals surface area contributed by atoms with Crippen molar-refractivity contribution in [3.05, 3.63) is 53.6 Å². The molecular formula is C25H29FN8O2. The van der Waals surface area contributed by atoms with E-state index in [9.17, 15) is 9.18 Å². The minimum absolute atomic E-state index is 0.00816. The summed E-state index contributed by atoms with van der Waals surface area (Å²) < 4.78 is 23.4. The van der Waals surface area contributed by atoms with Crippen molar-refractivity contribution in [1.82, 2.24) is 29.4 Å². The molecule has 188 valence electrons. The molecule has 1 N–H and O–H groups in total. The maximum absolute atomic E-state index is 14.8. The number of nitrogens with zero attached hydrogens (tertiary/aromatic N) is 7. The number of fused-ring (bicyclic) bond motifs is 1. The highest BCUT2D eigenvalue weighted by atomic mass is 19.1. The molecule has 36 heavy (non-hydrogen) atoms. The second-order valence-electron chi connectivity index (χ2n) is 9.90. The van der Waals surface area contributed by atoms with E-state index in [-0.39, 0.29) is 11.4 Å². The Morgan fingerprint density at radius 1 is 1.11 bits per heavy atom. The molecule has 0 aromatic carbocycles. The van der Waals surface area contributed by atoms with Crippen LogP contribution in [0.4, 0.5) is 15.9 Å². The third kappa shape index (κ3) is 4.41. The number of amides is 1. The molecule has 5 heterocycles. The lowest BCUT2D eigenvalue weighted by Gasteiger charge is -2.29. The highest BCUT2D eigenvalue weighted by molar-refractivity contribution is 6.03. The fraction of sp³-hybridized carbons (Fsp3) is 0.400. The van der Waals surface area contributed by atoms with Gasteiger partial charge in [0.1, 0.15) is 23.0 Å². The number of morpholine rings is 1. The minimum Gasteiger partial charge on any atom is -0.378 e. The first kappa shape index (κ1) is 23.9. The number of ether oxygens (including phenoxy) is 1. The largest absolute Gasteiger partial charge is 0.378 e. The average molecular weight is 493 g/mol. The lowest BCUT2D eigenvalue weighted by Crippen LogP contribution is -2.37. The number of carbonyl (C=O) groups is 1. The molecule has 1 fully saturated rings. The lowest BCUT2D eigenvalue weighted by atomic mass is 10.0. The number of anilines is 2. The predicted octanol–water partition coefficient (Wildman–Crippen LogP) is 3.59. The fourth-order valence-electron chi connectivity index (χ4n) is 4.28. The van der Waals surface area contributed by atoms with Gasteiger partial charge in [0.05, 0.1) is 24.9 Å². The summed E-state index contributed by atoms with van der Waals surface area (Å²) in [5.41, 5.74) is 2.95. The van der Waals surface area contributed by atoms with Crippen LogP contribution in [0.3, 0.4) is 0 Å². The minimum atomic E-state index is -0.606. The predicted molar refractivity (Wildman–Crippen MR) is 134 cm³/mol. The van der Waals surface area contributed by atoms with Gasteiger partial charge in [0.2, 0.25) is 5.95 Å². The summed E-state index contributed by atoms with van der Waals surface area (Å²) in [5, 5.41) is 11.2. The van der Waals surface area contributed by atoms with Crippen molar-refractivity contribution < 1.29 is 13.9 Å². The maximum Gasteiger partial charge on any atom is 0.274 e. The molecule has 0 atom stereocenters. The SMILES string of the molecule is Cc1nc2cc(-c3cc(C(=O)Nc4cnn(C(C)(C)C)c4F)ncc3C)cc(N3CCOCC3)n2n1. The molecule has 4 aromatic rings. The third-order valence-corrected chi connectivity index (χ3v) is 6.10. The van der Waals surface area contributed by atoms with Crippen LogP contribution in [0.5, 0.6) is 0 Å². The van der Waals surface area contributed by atoms with Crippen LogP contribution in [0.2, 0.25) is 0 Å². The summed E-state index contributed by atoms with van der Waals surface area (Å²) in [7, 11) is 0. The smallest absolute Gasteiger partial charge is 0.274 e. The highest BCUT2D eigenvalue weighted by Crippen LogP contribution is 2.30. The van der Waals surface area contributed by atoms with E-state index in [0.29, 0.717) is 24.7 Å². The number of aryl methyl sites for hydroxylation is 2. The Hall–Kier alpha value is -3.86. The van der Waals surface area contributed by atoms with Crippen molar-refractivity contribution >= 4 is 23.1 Å². The van der Waals surface area contributed by atoms with Gasteiger partial charge in [-0.25, -0.2) is 9.67 Å². The number of halogens is 1. The number of aromatic nitrogens is 6. The van der Waals surface area contributed by atoms with E-state index in [1.54, 1.807) is 12.3 Å². The Morgan fingerprint density at radius 3 is 2.56 bits per heavy atom. The summed E-state index contributed by atoms with van der Waals surface area (Å²) in [6.45, 7) is 12.1. The number of carbonyl (C=O) groups excluding carboxylic acids is 1. The molecule has 1 saturated heterocycles. The number of rotatable bonds is 4. The Kier molecular flexibility index (Phi) is 5.95. The van der Waals surface area contributed by atoms with E-state index in [0.717, 1.165) is 35.6 Å². The first-order chi connectivity index (χ1) is 17.1. The summed E-state index contributed by atoms with van der Waals surface area (Å²) in [5.74, 6) is 0.457. The Bertz CT molecular complexity index is 1450. The molecule has 10 nitrogen and oxygen atoms in total. The molecule has 0 aliphatic carbocycles. The zero-order chi connectivity index (χ0) is 25.6. The normalized spacial score (nSPS) is 14.4. The van der Waals surface area contributed by atoms with E-state index in [4.69, 9.17) is 4.74 Å². The van der Waals surface area contributed by atoms with Gasteiger partial charge in [0.15, 0.2) is 5.65 Å². The average Bonchev–Trinajstić information content (AvgIpc) is 3.40. The molecule has 5 rings (SSSR count). The maximum atomic E-state index is 14.8. The number of hydrogen-bond acceptors (Lipinski definition) is 7. The molecule has 0 spiro atoms. The molecule has 0 unspecified atom stereocenters. The van der Waals surface area contributed by atoms with Crippen LogP contribution >= 0.6 is 0 Å². The van der Waals surface area contributed by atoms with Crippen molar-refractivity contribution in [2.24, 2.45) is 0 Å². The summed E-state index contributed by atoms with van der Waals surface area (Å²) >= 11 is 0. The fourth-order valence-corrected chi connectivity index (χ4v) is 4.28. The van der Waals surface area contributed by atoms with Crippen molar-refractivity contribution in [2.75, 3.05) is 36.5 Å². The second kappa shape index (κ2) is 8.98. The molecular weight excluding hydrogens is 463 g/mol. The Labute approximate surface area is 208 Å². The molecule has 0 radical (unpaired) electrons. The molecule has 4 aromatic heterocycles. The van der Waals surface area contributed by atoms with E-state index >= 15 is 0 Å². The first-order valence-corrected chi connectivity index (χ1v) is 11.8. The van der Waals surface area contributed by atoms with Gasteiger partial charge < -0.3 is 15.0 Å². The van der Waals surface area contributed by atoms with Crippen LogP contribution in [-0.2, 0) is 10.3 Å². The molecule has 1 aliphatic heterocycles. The topological polar surface area (TPSA) is 102 Å². The monoisotopic (exact) mass is 492 g/mol. The van der Waals surface area contributed by atoms with Crippen LogP contribution in [0.25, 0.3) is 16.8 Å². The zero-order valence-corrected chi connectivity index (χ0v) is 21.0. The molecule has 0 bridgehead atoms. The molecule has 1 amide bonds. The molecule has 11 heteroatoms. The van der Waals surface area contributed by atoms with Gasteiger partial charge in [-0.05, 0) is 69.5 Å². The van der Waals surface area contributed by atoms with E-state index < -0.39 is 17.4 Å². The summed E-state index contributed by atoms with van der Waals surface area (Å²) in [6.07, 6.45) is 2.95. The number of nitrogens with one attached hydrogen (secondary N) is 1. The van der Waals surface area contributed by atoms with Gasteiger partial charge in [-0.15, -0.1) is 5.10 Å². The van der Waals surface area contributed by atoms with E-state index in [1.165, 1.54) is 10.9 Å². The van der Waals surface area contributed by atoms with Gasteiger partial charge in [-0.2, -0.15) is 14.0 Å². The highest BCUT2D eigenvalue weighted by Gasteiger charge is 2.23. The number of pyridine rings is 2. The van der Waals surface area contributed by atoms with Gasteiger partial charge >= 0.3 is 0 Å². The Balaban J connectivity index is 1.51. The zero-order valence-electron chi connectivity index (χ0n) is 21.0. The van der Waals surface area contributed by atoms with Crippen LogP contribution in [0.1, 0.15) is 42.6 Å². The van der Waals surface area contributed by atoms with Gasteiger partial charge in [-0.1, -0.05) is 0 Å². The van der Waals surface area contributed by atoms with Gasteiger partial charge in [-0.3, -0.25) is 9.78 Å². The van der Waals surface area contributed by atoms with Crippen LogP contribution in [0, 0.1) is 19.8 Å². The van der Waals surface area contributed by atoms with E-state index in [1.807, 2.05) is 51.3 Å². The standard InChI is InChI=1S/C25H29FN8O2/c1-15-13-27-19(24(35)30-20-14-28-34(23(20)26)25(3,4)5)12-18(15)17-10-21-29-16(2)31-33(21)22(11-17)32-6-8-36-9-7-32/h10-14H,6-9H2,1-5H3,(H,30,35). The Morgan fingerprint density at radius 2 is 1.86 bits per heavy atom. The first-order valence-electron chi connectivity index (χ1n) is 11.8. The van der Waals surface area contributed by atoms with Crippen LogP contribution in [0.15, 0.2) is 30.6 Å². The van der Waals surface area contributed by atoms with Crippen LogP contribution < -0.4 is 10.2 Å². The number of hydrogen-bond donors (Lipinski definition) is 1. The van der Waals surface area contributed by atoms with Crippen molar-refractivity contribution in [1.29, 1.82) is 0 Å². The van der Waals surface area contributed by atoms with Crippen LogP contribution in [-0.4, -0.2) is 61.6 Å². The third-order valence-electron chi connectivity index (χ3n) is 6.10. The van der Waals surface area contributed by atoms with Crippen molar-refractivity contribution in [3.8, 4) is 11.1 Å². The van der Waals surface area contributed by atoms with Crippen molar-refractivity contribution in [2.45, 2.75) is 40.2 Å². The summed E-state index contributed by atoms with van der Waals surface area (Å²) in [4.78, 5) is 24.1. The molecule has 1 aliphatic rings. The van der Waals surface area contributed by atoms with Crippen molar-refractivity contribution in [3.63, 3.8) is 0 Å². The molecule has 0 saturated carbocycles. The second-order valence-corrected chi connectivity index (χ2v) is 9.90. The quantitative estimate of drug-likeness (QED) is 0.464.